The molecule has 0 N–H and O–H groups in total. The molecular formula is C2H8Cl2S. The SMILES string of the molecule is CCCl.[Cl-].[SH3+]. The van der Waals surface area contributed by atoms with E-state index in [2.05, 4.69) is 0 Å². The van der Waals surface area contributed by atoms with Gasteiger partial charge in [0, 0.05) is 5.88 Å². The summed E-state index contributed by atoms with van der Waals surface area (Å²) in [5.41, 5.74) is 0. The van der Waals surface area contributed by atoms with E-state index in [9.17, 15) is 0 Å². The minimum atomic E-state index is 0. The van der Waals surface area contributed by atoms with Crippen molar-refractivity contribution in [2.24, 2.45) is 0 Å². The van der Waals surface area contributed by atoms with Gasteiger partial charge in [-0.1, -0.05) is 20.4 Å². The van der Waals surface area contributed by atoms with Gasteiger partial charge in [0.1, 0.15) is 0 Å². The number of hydrogen-bond acceptors (Lipinski definition) is 0. The molecule has 0 bridgehead atoms. The van der Waals surface area contributed by atoms with Crippen molar-refractivity contribution in [2.45, 2.75) is 6.92 Å². The molecule has 0 aromatic heterocycles. The van der Waals surface area contributed by atoms with Crippen LogP contribution in [0.25, 0.3) is 0 Å². The Morgan fingerprint density at radius 3 is 1.60 bits per heavy atom. The van der Waals surface area contributed by atoms with Gasteiger partial charge in [-0.3, -0.25) is 0 Å². The summed E-state index contributed by atoms with van der Waals surface area (Å²) in [6, 6.07) is 0. The van der Waals surface area contributed by atoms with Gasteiger partial charge in [0.25, 0.3) is 0 Å². The van der Waals surface area contributed by atoms with Gasteiger partial charge < -0.3 is 12.4 Å². The molecule has 0 atom stereocenters. The molecule has 0 amide bonds. The van der Waals surface area contributed by atoms with Gasteiger partial charge in [-0.15, -0.1) is 11.6 Å². The van der Waals surface area contributed by atoms with E-state index in [1.165, 1.54) is 0 Å². The summed E-state index contributed by atoms with van der Waals surface area (Å²) < 4.78 is 0. The third-order valence-electron chi connectivity index (χ3n) is 0. The highest BCUT2D eigenvalue weighted by atomic mass is 35.5. The molecule has 0 saturated carbocycles. The van der Waals surface area contributed by atoms with Gasteiger partial charge in [0.2, 0.25) is 0 Å². The summed E-state index contributed by atoms with van der Waals surface area (Å²) in [4.78, 5) is 0. The Labute approximate surface area is 50.8 Å². The van der Waals surface area contributed by atoms with Crippen molar-refractivity contribution in [3.8, 4) is 0 Å². The zero-order valence-electron chi connectivity index (χ0n) is 3.04. The van der Waals surface area contributed by atoms with E-state index in [0.29, 0.717) is 0 Å². The van der Waals surface area contributed by atoms with Crippen LogP contribution in [0.15, 0.2) is 0 Å². The van der Waals surface area contributed by atoms with Crippen LogP contribution in [0.5, 0.6) is 0 Å². The van der Waals surface area contributed by atoms with Gasteiger partial charge in [-0.25, -0.2) is 0 Å². The Kier molecular flexibility index (Phi) is 68.6. The van der Waals surface area contributed by atoms with Crippen LogP contribution in [-0.2, 0) is 13.5 Å². The number of halogens is 2. The maximum atomic E-state index is 5.00. The van der Waals surface area contributed by atoms with Crippen molar-refractivity contribution in [3.63, 3.8) is 0 Å². The van der Waals surface area contributed by atoms with Crippen LogP contribution in [0.3, 0.4) is 0 Å². The predicted octanol–water partition coefficient (Wildman–Crippen LogP) is -2.56. The van der Waals surface area contributed by atoms with E-state index in [-0.39, 0.29) is 25.9 Å². The van der Waals surface area contributed by atoms with Crippen molar-refractivity contribution < 1.29 is 12.4 Å². The zero-order valence-corrected chi connectivity index (χ0v) is 5.71. The van der Waals surface area contributed by atoms with Crippen molar-refractivity contribution >= 4 is 25.1 Å². The van der Waals surface area contributed by atoms with Gasteiger partial charge in [0.15, 0.2) is 0 Å². The average Bonchev–Trinajstić information content (AvgIpc) is 0.918. The molecule has 0 nitrogen and oxygen atoms in total. The van der Waals surface area contributed by atoms with Crippen LogP contribution in [0.4, 0.5) is 0 Å². The second kappa shape index (κ2) is 20.4. The monoisotopic (exact) mass is 134 g/mol. The van der Waals surface area contributed by atoms with Crippen LogP contribution in [-0.4, -0.2) is 5.88 Å². The molecule has 0 spiro atoms. The quantitative estimate of drug-likeness (QED) is 0.253. The molecule has 0 fully saturated rings. The smallest absolute Gasteiger partial charge is 0.0195 e. The van der Waals surface area contributed by atoms with Gasteiger partial charge in [-0.05, 0) is 0 Å². The van der Waals surface area contributed by atoms with Crippen molar-refractivity contribution in [1.82, 2.24) is 0 Å². The summed E-state index contributed by atoms with van der Waals surface area (Å²) in [7, 11) is 0. The lowest BCUT2D eigenvalue weighted by molar-refractivity contribution is -0.000000790. The maximum absolute atomic E-state index is 5.00. The van der Waals surface area contributed by atoms with Gasteiger partial charge in [-0.2, -0.15) is 0 Å². The molecule has 0 aliphatic heterocycles. The topological polar surface area (TPSA) is 0 Å². The fourth-order valence-corrected chi connectivity index (χ4v) is 0. The molecule has 5 heavy (non-hydrogen) atoms. The van der Waals surface area contributed by atoms with Crippen LogP contribution < -0.4 is 12.4 Å². The normalized spacial score (nSPS) is 3.60. The minimum Gasteiger partial charge on any atom is -1.00 e. The van der Waals surface area contributed by atoms with Crippen LogP contribution in [0.1, 0.15) is 6.92 Å². The van der Waals surface area contributed by atoms with Gasteiger partial charge in [0.05, 0.1) is 0 Å². The predicted molar refractivity (Wildman–Crippen MR) is 27.9 cm³/mol. The summed E-state index contributed by atoms with van der Waals surface area (Å²) in [6.07, 6.45) is 0. The van der Waals surface area contributed by atoms with Crippen LogP contribution in [0, 0.1) is 0 Å². The van der Waals surface area contributed by atoms with Crippen molar-refractivity contribution in [1.29, 1.82) is 0 Å². The fourth-order valence-electron chi connectivity index (χ4n) is 0. The van der Waals surface area contributed by atoms with Gasteiger partial charge >= 0.3 is 0 Å². The first-order valence-corrected chi connectivity index (χ1v) is 1.51. The maximum Gasteiger partial charge on any atom is 0.0195 e. The van der Waals surface area contributed by atoms with E-state index < -0.39 is 0 Å². The summed E-state index contributed by atoms with van der Waals surface area (Å²) in [5, 5.41) is 0. The highest BCUT2D eigenvalue weighted by Gasteiger charge is 1.38. The second-order valence-corrected chi connectivity index (χ2v) is 0.802. The Hall–Kier alpha value is 0.930. The standard InChI is InChI=1S/C2H5Cl.ClH.H2S/c1-2-3;;/h2H2,1H3;1H;1H2. The lowest BCUT2D eigenvalue weighted by Gasteiger charge is -1.45. The van der Waals surface area contributed by atoms with Crippen LogP contribution in [0.2, 0.25) is 0 Å². The molecule has 0 aliphatic rings. The summed E-state index contributed by atoms with van der Waals surface area (Å²) in [6.45, 7) is 1.89. The zero-order chi connectivity index (χ0) is 2.71. The highest BCUT2D eigenvalue weighted by Crippen LogP contribution is 1.59. The Morgan fingerprint density at radius 1 is 1.60 bits per heavy atom. The first kappa shape index (κ1) is 16.8. The molecule has 0 aromatic rings. The molecule has 0 aliphatic carbocycles. The van der Waals surface area contributed by atoms with E-state index in [1.807, 2.05) is 6.92 Å². The molecule has 0 radical (unpaired) electrons. The second-order valence-electron chi connectivity index (χ2n) is 0.267. The number of hydrogen-bond donors (Lipinski definition) is 0. The molecule has 3 heteroatoms. The van der Waals surface area contributed by atoms with E-state index in [0.717, 1.165) is 5.88 Å². The van der Waals surface area contributed by atoms with E-state index >= 15 is 0 Å². The number of alkyl halides is 1. The first-order chi connectivity index (χ1) is 1.41. The Bertz CT molecular complexity index is 7.61. The molecular weight excluding hydrogens is 127 g/mol. The third kappa shape index (κ3) is 48.9. The molecule has 0 rings (SSSR count). The third-order valence-corrected chi connectivity index (χ3v) is 0. The molecule has 0 saturated heterocycles. The largest absolute Gasteiger partial charge is 1.00 e. The Morgan fingerprint density at radius 2 is 1.60 bits per heavy atom. The van der Waals surface area contributed by atoms with Crippen LogP contribution >= 0.6 is 11.6 Å². The molecule has 36 valence electrons. The lowest BCUT2D eigenvalue weighted by atomic mass is 11.0. The Balaban J connectivity index is -0.0000000200. The minimum absolute atomic E-state index is 0. The van der Waals surface area contributed by atoms with Crippen molar-refractivity contribution in [2.75, 3.05) is 5.88 Å². The molecule has 0 heterocycles. The molecule has 0 aromatic carbocycles. The first-order valence-electron chi connectivity index (χ1n) is 0.974. The highest BCUT2D eigenvalue weighted by molar-refractivity contribution is 7.37. The van der Waals surface area contributed by atoms with E-state index in [4.69, 9.17) is 11.6 Å². The van der Waals surface area contributed by atoms with E-state index in [1.54, 1.807) is 0 Å². The summed E-state index contributed by atoms with van der Waals surface area (Å²) in [5.74, 6) is 0.722. The average molecular weight is 135 g/mol. The number of rotatable bonds is 0. The molecule has 0 unspecified atom stereocenters. The lowest BCUT2D eigenvalue weighted by Crippen LogP contribution is -3.00. The fraction of sp³-hybridized carbons (Fsp3) is 1.00. The van der Waals surface area contributed by atoms with Crippen molar-refractivity contribution in [3.05, 3.63) is 0 Å². The summed E-state index contributed by atoms with van der Waals surface area (Å²) >= 11 is 5.00.